The van der Waals surface area contributed by atoms with Crippen molar-refractivity contribution in [2.75, 3.05) is 0 Å². The van der Waals surface area contributed by atoms with Gasteiger partial charge in [0.1, 0.15) is 0 Å². The molecule has 1 heterocycles. The summed E-state index contributed by atoms with van der Waals surface area (Å²) in [5.74, 6) is 1.46. The summed E-state index contributed by atoms with van der Waals surface area (Å²) in [6, 6.07) is 0. The van der Waals surface area contributed by atoms with Gasteiger partial charge in [0.15, 0.2) is 0 Å². The van der Waals surface area contributed by atoms with E-state index in [0.29, 0.717) is 0 Å². The molecule has 0 fully saturated rings. The van der Waals surface area contributed by atoms with E-state index in [0.717, 1.165) is 24.6 Å². The minimum absolute atomic E-state index is 0.729. The fourth-order valence-electron chi connectivity index (χ4n) is 0.574. The summed E-state index contributed by atoms with van der Waals surface area (Å²) in [7, 11) is 0. The normalized spacial score (nSPS) is 10.0. The maximum atomic E-state index is 5.16. The molecule has 9 heavy (non-hydrogen) atoms. The molecule has 0 radical (unpaired) electrons. The molecule has 0 saturated heterocycles. The molecule has 0 aliphatic carbocycles. The SMILES string of the molecule is CCc1nnc(CC)o1. The Morgan fingerprint density at radius 1 is 1.11 bits per heavy atom. The highest BCUT2D eigenvalue weighted by molar-refractivity contribution is 4.79. The molecule has 0 bridgehead atoms. The van der Waals surface area contributed by atoms with Crippen LogP contribution >= 0.6 is 0 Å². The number of aryl methyl sites for hydroxylation is 2. The topological polar surface area (TPSA) is 38.9 Å². The first-order valence-corrected chi connectivity index (χ1v) is 3.18. The fourth-order valence-corrected chi connectivity index (χ4v) is 0.574. The molecule has 1 aromatic rings. The standard InChI is InChI=1S/C6H10N2O/c1-3-5-7-8-6(4-2)9-5/h3-4H2,1-2H3. The van der Waals surface area contributed by atoms with Gasteiger partial charge in [-0.25, -0.2) is 0 Å². The second-order valence-electron chi connectivity index (χ2n) is 1.80. The average Bonchev–Trinajstić information content (AvgIpc) is 2.34. The van der Waals surface area contributed by atoms with E-state index in [1.165, 1.54) is 0 Å². The third-order valence-electron chi connectivity index (χ3n) is 1.11. The Hall–Kier alpha value is -0.860. The Bertz CT molecular complexity index is 164. The van der Waals surface area contributed by atoms with Crippen LogP contribution in [-0.4, -0.2) is 10.2 Å². The first kappa shape index (κ1) is 6.26. The van der Waals surface area contributed by atoms with E-state index in [1.54, 1.807) is 0 Å². The Morgan fingerprint density at radius 2 is 1.56 bits per heavy atom. The Morgan fingerprint density at radius 3 is 1.78 bits per heavy atom. The van der Waals surface area contributed by atoms with Crippen LogP contribution < -0.4 is 0 Å². The van der Waals surface area contributed by atoms with Crippen molar-refractivity contribution in [2.24, 2.45) is 0 Å². The first-order chi connectivity index (χ1) is 4.36. The van der Waals surface area contributed by atoms with Crippen molar-refractivity contribution in [1.29, 1.82) is 0 Å². The van der Waals surface area contributed by atoms with E-state index < -0.39 is 0 Å². The minimum atomic E-state index is 0.729. The largest absolute Gasteiger partial charge is 0.425 e. The van der Waals surface area contributed by atoms with Crippen LogP contribution in [-0.2, 0) is 12.8 Å². The van der Waals surface area contributed by atoms with Gasteiger partial charge in [0.25, 0.3) is 0 Å². The van der Waals surface area contributed by atoms with Crippen LogP contribution in [0.5, 0.6) is 0 Å². The van der Waals surface area contributed by atoms with Gasteiger partial charge in [-0.1, -0.05) is 13.8 Å². The van der Waals surface area contributed by atoms with Crippen LogP contribution in [0, 0.1) is 0 Å². The summed E-state index contributed by atoms with van der Waals surface area (Å²) >= 11 is 0. The zero-order valence-corrected chi connectivity index (χ0v) is 5.72. The lowest BCUT2D eigenvalue weighted by atomic mass is 10.5. The Labute approximate surface area is 54.1 Å². The maximum absolute atomic E-state index is 5.16. The van der Waals surface area contributed by atoms with E-state index in [4.69, 9.17) is 4.42 Å². The van der Waals surface area contributed by atoms with E-state index in [-0.39, 0.29) is 0 Å². The maximum Gasteiger partial charge on any atom is 0.216 e. The molecule has 3 nitrogen and oxygen atoms in total. The van der Waals surface area contributed by atoms with Gasteiger partial charge in [0.2, 0.25) is 11.8 Å². The molecule has 0 saturated carbocycles. The van der Waals surface area contributed by atoms with Gasteiger partial charge < -0.3 is 4.42 Å². The van der Waals surface area contributed by atoms with E-state index in [9.17, 15) is 0 Å². The highest BCUT2D eigenvalue weighted by Gasteiger charge is 1.98. The van der Waals surface area contributed by atoms with Gasteiger partial charge in [0, 0.05) is 12.8 Å². The van der Waals surface area contributed by atoms with Crippen LogP contribution in [0.4, 0.5) is 0 Å². The predicted molar refractivity (Wildman–Crippen MR) is 33.1 cm³/mol. The third kappa shape index (κ3) is 1.28. The van der Waals surface area contributed by atoms with Crippen molar-refractivity contribution in [2.45, 2.75) is 26.7 Å². The van der Waals surface area contributed by atoms with Crippen LogP contribution in [0.25, 0.3) is 0 Å². The van der Waals surface area contributed by atoms with Gasteiger partial charge in [0.05, 0.1) is 0 Å². The number of aromatic nitrogens is 2. The molecular formula is C6H10N2O. The lowest BCUT2D eigenvalue weighted by Gasteiger charge is -1.81. The van der Waals surface area contributed by atoms with Gasteiger partial charge in [-0.15, -0.1) is 10.2 Å². The van der Waals surface area contributed by atoms with Gasteiger partial charge >= 0.3 is 0 Å². The van der Waals surface area contributed by atoms with Crippen molar-refractivity contribution < 1.29 is 4.42 Å². The molecule has 0 aliphatic rings. The number of nitrogens with zero attached hydrogens (tertiary/aromatic N) is 2. The number of hydrogen-bond donors (Lipinski definition) is 0. The Balaban J connectivity index is 2.74. The lowest BCUT2D eigenvalue weighted by molar-refractivity contribution is 0.458. The molecule has 0 aromatic carbocycles. The molecule has 1 rings (SSSR count). The van der Waals surface area contributed by atoms with Crippen molar-refractivity contribution in [3.05, 3.63) is 11.8 Å². The molecule has 0 spiro atoms. The van der Waals surface area contributed by atoms with Crippen molar-refractivity contribution in [3.8, 4) is 0 Å². The molecule has 0 unspecified atom stereocenters. The first-order valence-electron chi connectivity index (χ1n) is 3.18. The minimum Gasteiger partial charge on any atom is -0.425 e. The molecule has 0 N–H and O–H groups in total. The highest BCUT2D eigenvalue weighted by atomic mass is 16.4. The molecule has 0 aliphatic heterocycles. The van der Waals surface area contributed by atoms with Crippen molar-refractivity contribution >= 4 is 0 Å². The average molecular weight is 126 g/mol. The third-order valence-corrected chi connectivity index (χ3v) is 1.11. The summed E-state index contributed by atoms with van der Waals surface area (Å²) in [5.41, 5.74) is 0. The number of hydrogen-bond acceptors (Lipinski definition) is 3. The lowest BCUT2D eigenvalue weighted by Crippen LogP contribution is -1.77. The molecule has 50 valence electrons. The van der Waals surface area contributed by atoms with Gasteiger partial charge in [-0.2, -0.15) is 0 Å². The molecule has 1 aromatic heterocycles. The zero-order valence-electron chi connectivity index (χ0n) is 5.72. The number of rotatable bonds is 2. The zero-order chi connectivity index (χ0) is 6.69. The second kappa shape index (κ2) is 2.62. The smallest absolute Gasteiger partial charge is 0.216 e. The van der Waals surface area contributed by atoms with Crippen LogP contribution in [0.15, 0.2) is 4.42 Å². The fraction of sp³-hybridized carbons (Fsp3) is 0.667. The summed E-state index contributed by atoms with van der Waals surface area (Å²) in [4.78, 5) is 0. The molecule has 0 atom stereocenters. The molecule has 0 amide bonds. The van der Waals surface area contributed by atoms with E-state index >= 15 is 0 Å². The Kier molecular flexibility index (Phi) is 1.82. The summed E-state index contributed by atoms with van der Waals surface area (Å²) in [6.45, 7) is 3.99. The van der Waals surface area contributed by atoms with Crippen LogP contribution in [0.1, 0.15) is 25.6 Å². The second-order valence-corrected chi connectivity index (χ2v) is 1.80. The van der Waals surface area contributed by atoms with Crippen molar-refractivity contribution in [1.82, 2.24) is 10.2 Å². The van der Waals surface area contributed by atoms with Gasteiger partial charge in [-0.05, 0) is 0 Å². The van der Waals surface area contributed by atoms with Gasteiger partial charge in [-0.3, -0.25) is 0 Å². The van der Waals surface area contributed by atoms with Crippen molar-refractivity contribution in [3.63, 3.8) is 0 Å². The summed E-state index contributed by atoms with van der Waals surface area (Å²) < 4.78 is 5.16. The van der Waals surface area contributed by atoms with Crippen LogP contribution in [0.2, 0.25) is 0 Å². The predicted octanol–water partition coefficient (Wildman–Crippen LogP) is 1.19. The van der Waals surface area contributed by atoms with Crippen LogP contribution in [0.3, 0.4) is 0 Å². The monoisotopic (exact) mass is 126 g/mol. The van der Waals surface area contributed by atoms with E-state index in [2.05, 4.69) is 10.2 Å². The highest BCUT2D eigenvalue weighted by Crippen LogP contribution is 1.99. The molecule has 3 heteroatoms. The quantitative estimate of drug-likeness (QED) is 0.597. The summed E-state index contributed by atoms with van der Waals surface area (Å²) in [6.07, 6.45) is 1.65. The summed E-state index contributed by atoms with van der Waals surface area (Å²) in [5, 5.41) is 7.58. The van der Waals surface area contributed by atoms with E-state index in [1.807, 2.05) is 13.8 Å². The molecular weight excluding hydrogens is 116 g/mol.